The van der Waals surface area contributed by atoms with Gasteiger partial charge < -0.3 is 36.3 Å². The minimum absolute atomic E-state index is 0.0824. The van der Waals surface area contributed by atoms with Crippen LogP contribution in [0.2, 0.25) is 0 Å². The number of anilines is 2. The number of benzene rings is 1. The number of carbonyl (C=O) groups is 2. The summed E-state index contributed by atoms with van der Waals surface area (Å²) >= 11 is 0. The second-order valence-corrected chi connectivity index (χ2v) is 19.2. The number of ether oxygens (including phenoxy) is 1. The Balaban J connectivity index is 0.776. The second-order valence-electron chi connectivity index (χ2n) is 19.2. The van der Waals surface area contributed by atoms with Crippen LogP contribution < -0.4 is 31.7 Å². The fourth-order valence-electron chi connectivity index (χ4n) is 11.6. The van der Waals surface area contributed by atoms with Crippen molar-refractivity contribution >= 4 is 34.5 Å². The smallest absolute Gasteiger partial charge is 0.257 e. The fraction of sp³-hybridized carbons (Fsp3) is 0.617. The molecule has 1 saturated heterocycles. The quantitative estimate of drug-likeness (QED) is 0.0611. The number of rotatable bonds is 21. The predicted octanol–water partition coefficient (Wildman–Crippen LogP) is 7.56. The largest absolute Gasteiger partial charge is 0.481 e. The monoisotopic (exact) mass is 873 g/mol. The minimum Gasteiger partial charge on any atom is -0.481 e. The van der Waals surface area contributed by atoms with Gasteiger partial charge in [0.05, 0.1) is 30.5 Å². The van der Waals surface area contributed by atoms with E-state index in [1.165, 1.54) is 57.0 Å². The third-order valence-electron chi connectivity index (χ3n) is 14.0. The van der Waals surface area contributed by atoms with Crippen LogP contribution in [0, 0.1) is 29.0 Å². The summed E-state index contributed by atoms with van der Waals surface area (Å²) in [6.45, 7) is 2.05. The lowest BCUT2D eigenvalue weighted by Gasteiger charge is -2.56. The molecule has 13 nitrogen and oxygen atoms in total. The minimum atomic E-state index is -2.53. The van der Waals surface area contributed by atoms with Crippen LogP contribution in [-0.4, -0.2) is 81.1 Å². The van der Waals surface area contributed by atoms with E-state index in [-0.39, 0.29) is 43.1 Å². The zero-order valence-corrected chi connectivity index (χ0v) is 36.3. The number of amides is 2. The molecule has 0 spiro atoms. The molecule has 16 heteroatoms. The lowest BCUT2D eigenvalue weighted by Crippen LogP contribution is -2.55. The number of aromatic nitrogens is 5. The van der Waals surface area contributed by atoms with E-state index >= 15 is 4.39 Å². The Kier molecular flexibility index (Phi) is 14.0. The van der Waals surface area contributed by atoms with E-state index in [1.807, 2.05) is 15.5 Å². The molecule has 1 aliphatic heterocycles. The van der Waals surface area contributed by atoms with Crippen molar-refractivity contribution in [2.24, 2.45) is 28.9 Å². The number of imidazole rings is 1. The van der Waals surface area contributed by atoms with E-state index in [0.717, 1.165) is 86.9 Å². The molecule has 63 heavy (non-hydrogen) atoms. The highest BCUT2D eigenvalue weighted by atomic mass is 19.3. The molecule has 2 amide bonds. The van der Waals surface area contributed by atoms with Gasteiger partial charge in [-0.3, -0.25) is 14.6 Å². The summed E-state index contributed by atoms with van der Waals surface area (Å²) in [6.07, 6.45) is 18.9. The average Bonchev–Trinajstić information content (AvgIpc) is 3.65. The van der Waals surface area contributed by atoms with Gasteiger partial charge in [0.2, 0.25) is 12.3 Å². The van der Waals surface area contributed by atoms with Gasteiger partial charge in [0.25, 0.3) is 5.91 Å². The first-order chi connectivity index (χ1) is 30.4. The molecule has 9 rings (SSSR count). The Bertz CT molecular complexity index is 2180. The molecule has 4 aliphatic carbocycles. The number of pyridine rings is 1. The van der Waals surface area contributed by atoms with Crippen molar-refractivity contribution in [2.75, 3.05) is 43.4 Å². The van der Waals surface area contributed by atoms with Crippen molar-refractivity contribution < 1.29 is 27.5 Å². The number of nitrogens with one attached hydrogen (secondary N) is 2. The summed E-state index contributed by atoms with van der Waals surface area (Å²) in [5.41, 5.74) is 15.3. The first kappa shape index (κ1) is 44.6. The first-order valence-electron chi connectivity index (χ1n) is 23.1. The highest BCUT2D eigenvalue weighted by Crippen LogP contribution is 2.61. The average molecular weight is 873 g/mol. The zero-order chi connectivity index (χ0) is 44.0. The van der Waals surface area contributed by atoms with Crippen molar-refractivity contribution in [3.05, 3.63) is 54.5 Å². The van der Waals surface area contributed by atoms with E-state index in [0.29, 0.717) is 53.8 Å². The lowest BCUT2D eigenvalue weighted by atomic mass is 9.49. The van der Waals surface area contributed by atoms with Crippen LogP contribution >= 0.6 is 0 Å². The number of alkyl halides is 2. The van der Waals surface area contributed by atoms with Gasteiger partial charge in [-0.1, -0.05) is 32.1 Å². The molecule has 1 aromatic carbocycles. The molecule has 4 heterocycles. The Morgan fingerprint density at radius 2 is 1.57 bits per heavy atom. The zero-order valence-electron chi connectivity index (χ0n) is 36.3. The number of piperidine rings is 1. The summed E-state index contributed by atoms with van der Waals surface area (Å²) < 4.78 is 49.5. The second kappa shape index (κ2) is 19.8. The van der Waals surface area contributed by atoms with E-state index < -0.39 is 24.2 Å². The lowest BCUT2D eigenvalue weighted by molar-refractivity contribution is -0.129. The van der Waals surface area contributed by atoms with Crippen LogP contribution in [0.4, 0.5) is 24.7 Å². The van der Waals surface area contributed by atoms with Crippen LogP contribution in [0.1, 0.15) is 115 Å². The van der Waals surface area contributed by atoms with Crippen LogP contribution in [0.5, 0.6) is 5.75 Å². The van der Waals surface area contributed by atoms with Crippen LogP contribution in [0.3, 0.4) is 0 Å². The number of nitrogens with zero attached hydrogens (tertiary/aromatic N) is 6. The van der Waals surface area contributed by atoms with E-state index in [9.17, 15) is 18.4 Å². The van der Waals surface area contributed by atoms with Gasteiger partial charge in [-0.25, -0.2) is 28.1 Å². The molecule has 6 N–H and O–H groups in total. The van der Waals surface area contributed by atoms with E-state index in [1.54, 1.807) is 18.6 Å². The molecule has 4 saturated carbocycles. The van der Waals surface area contributed by atoms with Gasteiger partial charge in [-0.2, -0.15) is 0 Å². The Hall–Kier alpha value is -4.99. The van der Waals surface area contributed by atoms with Crippen molar-refractivity contribution in [3.8, 4) is 17.0 Å². The molecule has 5 aliphatic rings. The molecule has 340 valence electrons. The van der Waals surface area contributed by atoms with Crippen molar-refractivity contribution in [1.29, 1.82) is 0 Å². The topological polar surface area (TPSA) is 179 Å². The van der Waals surface area contributed by atoms with Gasteiger partial charge in [0.1, 0.15) is 11.8 Å². The standard InChI is InChI=1S/C47H63F3N10O3/c48-36-10-9-34(37-18-35(26-60-30-58-43-44(51)56-29-57-45(43)60)38(25-55-37)59-14-8-11-47(52,28-59)23-40(49)50)19-39(36)63-27-42(62)54-13-7-5-3-1-2-4-6-12-53-41(61)24-46-20-31-15-32(21-46)17-33(16-31)22-46/h9-10,18-19,25,29-33,40H,1-8,11-17,20-24,26-28,52H2,(H,53,61)(H,54,62)(H2,51,56,57). The summed E-state index contributed by atoms with van der Waals surface area (Å²) in [4.78, 5) is 45.0. The maximum Gasteiger partial charge on any atom is 0.257 e. The van der Waals surface area contributed by atoms with Gasteiger partial charge in [-0.15, -0.1) is 0 Å². The van der Waals surface area contributed by atoms with Crippen LogP contribution in [0.25, 0.3) is 22.4 Å². The highest BCUT2D eigenvalue weighted by molar-refractivity contribution is 5.81. The highest BCUT2D eigenvalue weighted by Gasteiger charge is 2.51. The molecule has 1 unspecified atom stereocenters. The Morgan fingerprint density at radius 1 is 0.889 bits per heavy atom. The molecular weight excluding hydrogens is 810 g/mol. The summed E-state index contributed by atoms with van der Waals surface area (Å²) in [5.74, 6) is 2.08. The van der Waals surface area contributed by atoms with Crippen molar-refractivity contribution in [2.45, 2.75) is 128 Å². The van der Waals surface area contributed by atoms with Gasteiger partial charge in [0, 0.05) is 50.1 Å². The van der Waals surface area contributed by atoms with E-state index in [4.69, 9.17) is 21.2 Å². The summed E-state index contributed by atoms with van der Waals surface area (Å²) in [5, 5.41) is 6.08. The normalized spacial score (nSPS) is 24.0. The maximum absolute atomic E-state index is 15.0. The van der Waals surface area contributed by atoms with Gasteiger partial charge >= 0.3 is 0 Å². The summed E-state index contributed by atoms with van der Waals surface area (Å²) in [7, 11) is 0. The van der Waals surface area contributed by atoms with Gasteiger partial charge in [-0.05, 0) is 117 Å². The third kappa shape index (κ3) is 11.2. The first-order valence-corrected chi connectivity index (χ1v) is 23.1. The maximum atomic E-state index is 15.0. The van der Waals surface area contributed by atoms with Gasteiger partial charge in [0.15, 0.2) is 29.6 Å². The van der Waals surface area contributed by atoms with Crippen LogP contribution in [0.15, 0.2) is 43.1 Å². The van der Waals surface area contributed by atoms with Crippen molar-refractivity contribution in [1.82, 2.24) is 35.1 Å². The number of fused-ring (bicyclic) bond motifs is 1. The molecule has 4 aromatic rings. The molecule has 1 atom stereocenters. The number of nitrogen functional groups attached to an aromatic ring is 1. The van der Waals surface area contributed by atoms with Crippen LogP contribution in [-0.2, 0) is 16.1 Å². The van der Waals surface area contributed by atoms with E-state index in [2.05, 4.69) is 25.6 Å². The molecule has 0 radical (unpaired) electrons. The Labute approximate surface area is 367 Å². The number of nitrogens with two attached hydrogens (primary N) is 2. The number of unbranched alkanes of at least 4 members (excludes halogenated alkanes) is 6. The Morgan fingerprint density at radius 3 is 2.27 bits per heavy atom. The summed E-state index contributed by atoms with van der Waals surface area (Å²) in [6, 6.07) is 6.24. The fourth-order valence-corrected chi connectivity index (χ4v) is 11.6. The molecule has 5 fully saturated rings. The predicted molar refractivity (Wildman–Crippen MR) is 237 cm³/mol. The molecule has 4 bridgehead atoms. The third-order valence-corrected chi connectivity index (χ3v) is 14.0. The molecule has 3 aromatic heterocycles. The SMILES string of the molecule is Nc1ncnc2c1ncn2Cc1cc(-c2ccc(F)c(OCC(=O)NCCCCCCCCCNC(=O)CC34CC5CC(CC(C5)C3)C4)c2)ncc1N1CCCC(N)(CC(F)F)C1. The number of halogens is 3. The van der Waals surface area contributed by atoms with Crippen molar-refractivity contribution in [3.63, 3.8) is 0 Å². The number of hydrogen-bond donors (Lipinski definition) is 4. The number of hydrogen-bond acceptors (Lipinski definition) is 10. The number of carbonyl (C=O) groups excluding carboxylic acids is 2. The molecular formula is C47H63F3N10O3.